The quantitative estimate of drug-likeness (QED) is 0.893. The van der Waals surface area contributed by atoms with Crippen LogP contribution < -0.4 is 5.73 Å². The van der Waals surface area contributed by atoms with Crippen LogP contribution in [0.5, 0.6) is 0 Å². The molecule has 2 heterocycles. The predicted octanol–water partition coefficient (Wildman–Crippen LogP) is 2.28. The lowest BCUT2D eigenvalue weighted by Crippen LogP contribution is -2.54. The highest BCUT2D eigenvalue weighted by Gasteiger charge is 2.35. The fraction of sp³-hybridized carbons (Fsp3) is 0.412. The Hall–Kier alpha value is -2.14. The van der Waals surface area contributed by atoms with Crippen molar-refractivity contribution in [2.45, 2.75) is 26.3 Å². The highest BCUT2D eigenvalue weighted by atomic mass is 16.2. The number of H-pyrrole nitrogens is 1. The van der Waals surface area contributed by atoms with E-state index in [-0.39, 0.29) is 17.4 Å². The number of amides is 1. The Morgan fingerprint density at radius 3 is 2.77 bits per heavy atom. The molecule has 3 rings (SSSR count). The Balaban J connectivity index is 1.78. The minimum absolute atomic E-state index is 0.00495. The van der Waals surface area contributed by atoms with Gasteiger partial charge >= 0.3 is 0 Å². The van der Waals surface area contributed by atoms with Crippen LogP contribution in [0.2, 0.25) is 0 Å². The number of hydrogen-bond acceptors (Lipinski definition) is 3. The molecule has 0 radical (unpaired) electrons. The number of carbonyl (C=O) groups excluding carboxylic acids is 1. The third kappa shape index (κ3) is 2.76. The molecule has 116 valence electrons. The number of nitrogens with one attached hydrogen (secondary N) is 1. The second-order valence-corrected chi connectivity index (χ2v) is 6.64. The van der Waals surface area contributed by atoms with E-state index >= 15 is 0 Å². The van der Waals surface area contributed by atoms with E-state index in [4.69, 9.17) is 5.73 Å². The number of aromatic amines is 1. The standard InChI is InChI=1S/C17H22N4O/c1-17(2)11-21(9-8-15(17)18)16(22)14-10-13(19-20-14)12-6-4-3-5-7-12/h3-7,10,15H,8-9,11,18H2,1-2H3,(H,19,20). The molecule has 1 aromatic carbocycles. The van der Waals surface area contributed by atoms with Crippen LogP contribution in [0.3, 0.4) is 0 Å². The van der Waals surface area contributed by atoms with Gasteiger partial charge in [0.25, 0.3) is 5.91 Å². The summed E-state index contributed by atoms with van der Waals surface area (Å²) >= 11 is 0. The molecule has 0 spiro atoms. The van der Waals surface area contributed by atoms with Crippen LogP contribution in [-0.2, 0) is 0 Å². The van der Waals surface area contributed by atoms with E-state index in [9.17, 15) is 4.79 Å². The first-order valence-electron chi connectivity index (χ1n) is 7.63. The van der Waals surface area contributed by atoms with Crippen LogP contribution >= 0.6 is 0 Å². The number of nitrogens with zero attached hydrogens (tertiary/aromatic N) is 2. The number of aromatic nitrogens is 2. The van der Waals surface area contributed by atoms with E-state index in [0.29, 0.717) is 18.8 Å². The lowest BCUT2D eigenvalue weighted by molar-refractivity contribution is 0.0527. The molecular formula is C17H22N4O. The molecule has 1 unspecified atom stereocenters. The summed E-state index contributed by atoms with van der Waals surface area (Å²) in [5.74, 6) is -0.00495. The van der Waals surface area contributed by atoms with E-state index in [1.54, 1.807) is 0 Å². The van der Waals surface area contributed by atoms with E-state index in [1.807, 2.05) is 41.3 Å². The van der Waals surface area contributed by atoms with Crippen LogP contribution in [-0.4, -0.2) is 40.1 Å². The van der Waals surface area contributed by atoms with Gasteiger partial charge in [0, 0.05) is 24.7 Å². The Labute approximate surface area is 130 Å². The van der Waals surface area contributed by atoms with Gasteiger partial charge in [-0.25, -0.2) is 0 Å². The van der Waals surface area contributed by atoms with Crippen LogP contribution in [0.15, 0.2) is 36.4 Å². The summed E-state index contributed by atoms with van der Waals surface area (Å²) in [5.41, 5.74) is 8.40. The van der Waals surface area contributed by atoms with Crippen molar-refractivity contribution in [1.29, 1.82) is 0 Å². The maximum Gasteiger partial charge on any atom is 0.271 e. The third-order valence-corrected chi connectivity index (χ3v) is 4.48. The number of benzene rings is 1. The number of likely N-dealkylation sites (tertiary alicyclic amines) is 1. The fourth-order valence-corrected chi connectivity index (χ4v) is 2.91. The number of carbonyl (C=O) groups is 1. The van der Waals surface area contributed by atoms with E-state index in [0.717, 1.165) is 17.7 Å². The molecule has 0 aliphatic carbocycles. The predicted molar refractivity (Wildman–Crippen MR) is 86.3 cm³/mol. The molecule has 5 nitrogen and oxygen atoms in total. The molecule has 0 bridgehead atoms. The number of piperidine rings is 1. The number of rotatable bonds is 2. The topological polar surface area (TPSA) is 75.0 Å². The first kappa shape index (κ1) is 14.8. The molecule has 1 aliphatic rings. The van der Waals surface area contributed by atoms with Gasteiger partial charge in [-0.3, -0.25) is 9.89 Å². The molecule has 1 fully saturated rings. The summed E-state index contributed by atoms with van der Waals surface area (Å²) in [5, 5.41) is 7.12. The Kier molecular flexibility index (Phi) is 3.74. The lowest BCUT2D eigenvalue weighted by Gasteiger charge is -2.42. The van der Waals surface area contributed by atoms with Gasteiger partial charge in [-0.15, -0.1) is 0 Å². The zero-order valence-electron chi connectivity index (χ0n) is 13.0. The molecule has 1 atom stereocenters. The molecule has 1 aromatic heterocycles. The molecular weight excluding hydrogens is 276 g/mol. The Morgan fingerprint density at radius 2 is 2.09 bits per heavy atom. The van der Waals surface area contributed by atoms with Crippen molar-refractivity contribution in [3.8, 4) is 11.3 Å². The number of hydrogen-bond donors (Lipinski definition) is 2. The molecule has 3 N–H and O–H groups in total. The minimum Gasteiger partial charge on any atom is -0.337 e. The summed E-state index contributed by atoms with van der Waals surface area (Å²) in [6.45, 7) is 5.59. The zero-order chi connectivity index (χ0) is 15.7. The van der Waals surface area contributed by atoms with Gasteiger partial charge in [0.1, 0.15) is 5.69 Å². The summed E-state index contributed by atoms with van der Waals surface area (Å²) in [4.78, 5) is 14.5. The molecule has 5 heteroatoms. The number of nitrogens with two attached hydrogens (primary N) is 1. The average molecular weight is 298 g/mol. The molecule has 2 aromatic rings. The third-order valence-electron chi connectivity index (χ3n) is 4.48. The fourth-order valence-electron chi connectivity index (χ4n) is 2.91. The average Bonchev–Trinajstić information content (AvgIpc) is 3.00. The summed E-state index contributed by atoms with van der Waals surface area (Å²) < 4.78 is 0. The Morgan fingerprint density at radius 1 is 1.36 bits per heavy atom. The monoisotopic (exact) mass is 298 g/mol. The van der Waals surface area contributed by atoms with Crippen LogP contribution in [0, 0.1) is 5.41 Å². The smallest absolute Gasteiger partial charge is 0.271 e. The van der Waals surface area contributed by atoms with Gasteiger partial charge in [0.05, 0.1) is 5.69 Å². The van der Waals surface area contributed by atoms with Crippen LogP contribution in [0.1, 0.15) is 30.8 Å². The van der Waals surface area contributed by atoms with Crippen molar-refractivity contribution < 1.29 is 4.79 Å². The highest BCUT2D eigenvalue weighted by Crippen LogP contribution is 2.28. The summed E-state index contributed by atoms with van der Waals surface area (Å²) in [6, 6.07) is 11.8. The van der Waals surface area contributed by atoms with Gasteiger partial charge in [0.15, 0.2) is 0 Å². The van der Waals surface area contributed by atoms with Gasteiger partial charge in [-0.1, -0.05) is 44.2 Å². The normalized spacial score (nSPS) is 20.9. The largest absolute Gasteiger partial charge is 0.337 e. The highest BCUT2D eigenvalue weighted by molar-refractivity contribution is 5.93. The molecule has 1 aliphatic heterocycles. The molecule has 1 amide bonds. The van der Waals surface area contributed by atoms with Gasteiger partial charge in [-0.05, 0) is 17.9 Å². The minimum atomic E-state index is -0.0593. The summed E-state index contributed by atoms with van der Waals surface area (Å²) in [7, 11) is 0. The first-order chi connectivity index (χ1) is 10.5. The van der Waals surface area contributed by atoms with Crippen molar-refractivity contribution in [2.75, 3.05) is 13.1 Å². The van der Waals surface area contributed by atoms with Crippen LogP contribution in [0.4, 0.5) is 0 Å². The van der Waals surface area contributed by atoms with Crippen molar-refractivity contribution >= 4 is 5.91 Å². The second-order valence-electron chi connectivity index (χ2n) is 6.64. The maximum absolute atomic E-state index is 12.7. The SMILES string of the molecule is CC1(C)CN(C(=O)c2cc(-c3ccccc3)n[nH]2)CCC1N. The van der Waals surface area contributed by atoms with Crippen molar-refractivity contribution in [1.82, 2.24) is 15.1 Å². The van der Waals surface area contributed by atoms with Crippen molar-refractivity contribution in [2.24, 2.45) is 11.1 Å². The van der Waals surface area contributed by atoms with Crippen molar-refractivity contribution in [3.05, 3.63) is 42.1 Å². The maximum atomic E-state index is 12.7. The molecule has 1 saturated heterocycles. The molecule has 0 saturated carbocycles. The Bertz CT molecular complexity index is 662. The second kappa shape index (κ2) is 5.57. The van der Waals surface area contributed by atoms with E-state index in [2.05, 4.69) is 24.0 Å². The van der Waals surface area contributed by atoms with Gasteiger partial charge in [-0.2, -0.15) is 5.10 Å². The van der Waals surface area contributed by atoms with Gasteiger partial charge < -0.3 is 10.6 Å². The van der Waals surface area contributed by atoms with Gasteiger partial charge in [0.2, 0.25) is 0 Å². The van der Waals surface area contributed by atoms with E-state index in [1.165, 1.54) is 0 Å². The van der Waals surface area contributed by atoms with Crippen LogP contribution in [0.25, 0.3) is 11.3 Å². The van der Waals surface area contributed by atoms with Crippen molar-refractivity contribution in [3.63, 3.8) is 0 Å². The summed E-state index contributed by atoms with van der Waals surface area (Å²) in [6.07, 6.45) is 0.832. The molecule has 22 heavy (non-hydrogen) atoms. The zero-order valence-corrected chi connectivity index (χ0v) is 13.0. The van der Waals surface area contributed by atoms with E-state index < -0.39 is 0 Å². The lowest BCUT2D eigenvalue weighted by atomic mass is 9.79. The first-order valence-corrected chi connectivity index (χ1v) is 7.63.